The fourth-order valence-corrected chi connectivity index (χ4v) is 4.06. The summed E-state index contributed by atoms with van der Waals surface area (Å²) in [6.07, 6.45) is 4.09. The SMILES string of the molecule is COc1cc(-c2ccc(C3CCCc4ccc(CC(C)C(=O)O)cc4O3)c(F)c2)ccn1. The van der Waals surface area contributed by atoms with E-state index in [4.69, 9.17) is 9.47 Å². The quantitative estimate of drug-likeness (QED) is 0.545. The van der Waals surface area contributed by atoms with E-state index in [1.54, 1.807) is 32.4 Å². The van der Waals surface area contributed by atoms with Gasteiger partial charge in [-0.05, 0) is 66.1 Å². The second-order valence-corrected chi connectivity index (χ2v) is 8.21. The van der Waals surface area contributed by atoms with E-state index in [0.29, 0.717) is 30.0 Å². The van der Waals surface area contributed by atoms with E-state index in [1.165, 1.54) is 6.07 Å². The number of nitrogens with zero attached hydrogens (tertiary/aromatic N) is 1. The summed E-state index contributed by atoms with van der Waals surface area (Å²) in [7, 11) is 1.55. The minimum absolute atomic E-state index is 0.317. The smallest absolute Gasteiger partial charge is 0.306 e. The summed E-state index contributed by atoms with van der Waals surface area (Å²) in [6, 6.07) is 14.6. The monoisotopic (exact) mass is 435 g/mol. The average Bonchev–Trinajstić information content (AvgIpc) is 3.00. The summed E-state index contributed by atoms with van der Waals surface area (Å²) in [5.41, 5.74) is 4.06. The molecule has 1 aliphatic rings. The van der Waals surface area contributed by atoms with Gasteiger partial charge in [0.2, 0.25) is 5.88 Å². The molecule has 2 atom stereocenters. The molecule has 1 aliphatic heterocycles. The predicted molar refractivity (Wildman–Crippen MR) is 119 cm³/mol. The van der Waals surface area contributed by atoms with E-state index in [1.807, 2.05) is 30.3 Å². The van der Waals surface area contributed by atoms with Crippen LogP contribution in [0.3, 0.4) is 0 Å². The Morgan fingerprint density at radius 3 is 2.78 bits per heavy atom. The third kappa shape index (κ3) is 4.74. The Hall–Kier alpha value is -3.41. The number of halogens is 1. The molecule has 0 saturated heterocycles. The van der Waals surface area contributed by atoms with Crippen LogP contribution in [-0.4, -0.2) is 23.2 Å². The first-order valence-corrected chi connectivity index (χ1v) is 10.8. The van der Waals surface area contributed by atoms with Crippen LogP contribution < -0.4 is 9.47 Å². The number of hydrogen-bond donors (Lipinski definition) is 1. The average molecular weight is 435 g/mol. The molecule has 0 aliphatic carbocycles. The molecule has 0 spiro atoms. The van der Waals surface area contributed by atoms with Crippen molar-refractivity contribution in [3.8, 4) is 22.8 Å². The predicted octanol–water partition coefficient (Wildman–Crippen LogP) is 5.62. The van der Waals surface area contributed by atoms with Gasteiger partial charge in [0.15, 0.2) is 0 Å². The van der Waals surface area contributed by atoms with Gasteiger partial charge in [0.1, 0.15) is 17.7 Å². The van der Waals surface area contributed by atoms with E-state index in [-0.39, 0.29) is 5.82 Å². The summed E-state index contributed by atoms with van der Waals surface area (Å²) in [4.78, 5) is 15.3. The van der Waals surface area contributed by atoms with Crippen molar-refractivity contribution in [2.24, 2.45) is 5.92 Å². The highest BCUT2D eigenvalue weighted by atomic mass is 19.1. The summed E-state index contributed by atoms with van der Waals surface area (Å²) in [5.74, 6) is -0.435. The Morgan fingerprint density at radius 1 is 1.22 bits per heavy atom. The van der Waals surface area contributed by atoms with Crippen molar-refractivity contribution in [3.63, 3.8) is 0 Å². The highest BCUT2D eigenvalue weighted by molar-refractivity contribution is 5.70. The molecule has 4 rings (SSSR count). The molecule has 2 unspecified atom stereocenters. The molecule has 0 bridgehead atoms. The molecule has 2 heterocycles. The molecule has 5 nitrogen and oxygen atoms in total. The number of carboxylic acid groups (broad SMARTS) is 1. The zero-order chi connectivity index (χ0) is 22.7. The molecular formula is C26H26FNO4. The minimum atomic E-state index is -0.826. The topological polar surface area (TPSA) is 68.7 Å². The third-order valence-electron chi connectivity index (χ3n) is 5.90. The molecular weight excluding hydrogens is 409 g/mol. The lowest BCUT2D eigenvalue weighted by atomic mass is 9.98. The lowest BCUT2D eigenvalue weighted by Gasteiger charge is -2.20. The van der Waals surface area contributed by atoms with E-state index >= 15 is 4.39 Å². The van der Waals surface area contributed by atoms with Gasteiger partial charge in [0.05, 0.1) is 13.0 Å². The van der Waals surface area contributed by atoms with Gasteiger partial charge in [-0.3, -0.25) is 4.79 Å². The molecule has 0 amide bonds. The van der Waals surface area contributed by atoms with Gasteiger partial charge in [-0.25, -0.2) is 9.37 Å². The first-order chi connectivity index (χ1) is 15.4. The Morgan fingerprint density at radius 2 is 2.03 bits per heavy atom. The van der Waals surface area contributed by atoms with Crippen molar-refractivity contribution in [3.05, 3.63) is 77.2 Å². The van der Waals surface area contributed by atoms with Gasteiger partial charge in [-0.1, -0.05) is 31.2 Å². The number of methoxy groups -OCH3 is 1. The number of benzene rings is 2. The third-order valence-corrected chi connectivity index (χ3v) is 5.90. The molecule has 6 heteroatoms. The Kier molecular flexibility index (Phi) is 6.40. The van der Waals surface area contributed by atoms with Gasteiger partial charge in [-0.2, -0.15) is 0 Å². The number of aromatic nitrogens is 1. The maximum atomic E-state index is 15.2. The number of carbonyl (C=O) groups is 1. The molecule has 166 valence electrons. The molecule has 3 aromatic rings. The van der Waals surface area contributed by atoms with Crippen LogP contribution in [0.2, 0.25) is 0 Å². The van der Waals surface area contributed by atoms with Crippen molar-refractivity contribution in [2.75, 3.05) is 7.11 Å². The Balaban J connectivity index is 1.58. The van der Waals surface area contributed by atoms with Gasteiger partial charge < -0.3 is 14.6 Å². The number of hydrogen-bond acceptors (Lipinski definition) is 4. The highest BCUT2D eigenvalue weighted by Gasteiger charge is 2.23. The summed E-state index contributed by atoms with van der Waals surface area (Å²) < 4.78 is 26.6. The maximum Gasteiger partial charge on any atom is 0.306 e. The molecule has 1 aromatic heterocycles. The molecule has 32 heavy (non-hydrogen) atoms. The van der Waals surface area contributed by atoms with E-state index < -0.39 is 18.0 Å². The van der Waals surface area contributed by atoms with Crippen LogP contribution in [0.5, 0.6) is 11.6 Å². The normalized spacial score (nSPS) is 16.4. The number of carboxylic acids is 1. The van der Waals surface area contributed by atoms with Crippen LogP contribution in [0.15, 0.2) is 54.7 Å². The van der Waals surface area contributed by atoms with E-state index in [0.717, 1.165) is 35.1 Å². The van der Waals surface area contributed by atoms with Crippen molar-refractivity contribution in [2.45, 2.75) is 38.7 Å². The van der Waals surface area contributed by atoms with Crippen molar-refractivity contribution < 1.29 is 23.8 Å². The lowest BCUT2D eigenvalue weighted by Crippen LogP contribution is -2.12. The first-order valence-electron chi connectivity index (χ1n) is 10.8. The van der Waals surface area contributed by atoms with Crippen molar-refractivity contribution in [1.82, 2.24) is 4.98 Å². The largest absolute Gasteiger partial charge is 0.485 e. The molecule has 1 N–H and O–H groups in total. The standard InChI is InChI=1S/C26H26FNO4/c1-16(26(29)30)12-17-6-7-18-4-3-5-23(32-24(18)13-17)21-9-8-19(14-22(21)27)20-10-11-28-25(15-20)31-2/h6-11,13-16,23H,3-5,12H2,1-2H3,(H,29,30). The zero-order valence-corrected chi connectivity index (χ0v) is 18.2. The number of pyridine rings is 1. The number of rotatable bonds is 6. The van der Waals surface area contributed by atoms with Gasteiger partial charge >= 0.3 is 5.97 Å². The lowest BCUT2D eigenvalue weighted by molar-refractivity contribution is -0.141. The summed E-state index contributed by atoms with van der Waals surface area (Å²) in [5, 5.41) is 9.20. The van der Waals surface area contributed by atoms with Crippen molar-refractivity contribution >= 4 is 5.97 Å². The minimum Gasteiger partial charge on any atom is -0.485 e. The van der Waals surface area contributed by atoms with Gasteiger partial charge in [0.25, 0.3) is 0 Å². The zero-order valence-electron chi connectivity index (χ0n) is 18.2. The molecule has 0 radical (unpaired) electrons. The highest BCUT2D eigenvalue weighted by Crippen LogP contribution is 2.36. The number of ether oxygens (including phenoxy) is 2. The van der Waals surface area contributed by atoms with Crippen LogP contribution in [-0.2, 0) is 17.6 Å². The Bertz CT molecular complexity index is 1130. The van der Waals surface area contributed by atoms with Gasteiger partial charge in [0, 0.05) is 17.8 Å². The first kappa shape index (κ1) is 21.8. The molecule has 0 fully saturated rings. The van der Waals surface area contributed by atoms with E-state index in [9.17, 15) is 9.90 Å². The fourth-order valence-electron chi connectivity index (χ4n) is 4.06. The van der Waals surface area contributed by atoms with Crippen LogP contribution in [0.4, 0.5) is 4.39 Å². The summed E-state index contributed by atoms with van der Waals surface area (Å²) in [6.45, 7) is 1.69. The maximum absolute atomic E-state index is 15.2. The molecule has 2 aromatic carbocycles. The van der Waals surface area contributed by atoms with Crippen LogP contribution in [0.1, 0.15) is 42.6 Å². The fraction of sp³-hybridized carbons (Fsp3) is 0.308. The van der Waals surface area contributed by atoms with Gasteiger partial charge in [-0.15, -0.1) is 0 Å². The number of aryl methyl sites for hydroxylation is 1. The number of fused-ring (bicyclic) bond motifs is 1. The van der Waals surface area contributed by atoms with Crippen LogP contribution in [0.25, 0.3) is 11.1 Å². The van der Waals surface area contributed by atoms with E-state index in [2.05, 4.69) is 4.98 Å². The Labute approximate surface area is 186 Å². The second-order valence-electron chi connectivity index (χ2n) is 8.21. The summed E-state index contributed by atoms with van der Waals surface area (Å²) >= 11 is 0. The van der Waals surface area contributed by atoms with Crippen molar-refractivity contribution in [1.29, 1.82) is 0 Å². The van der Waals surface area contributed by atoms with Crippen LogP contribution >= 0.6 is 0 Å². The number of aliphatic carboxylic acids is 1. The van der Waals surface area contributed by atoms with Crippen LogP contribution in [0, 0.1) is 11.7 Å². The second kappa shape index (κ2) is 9.39. The molecule has 0 saturated carbocycles.